The Morgan fingerprint density at radius 2 is 2.21 bits per heavy atom. The van der Waals surface area contributed by atoms with Crippen LogP contribution in [-0.2, 0) is 11.2 Å². The Hall–Kier alpha value is -1.88. The molecule has 1 aromatic carbocycles. The minimum absolute atomic E-state index is 0.114. The quantitative estimate of drug-likeness (QED) is 0.902. The number of nitrogens with one attached hydrogen (secondary N) is 1. The van der Waals surface area contributed by atoms with Crippen molar-refractivity contribution in [2.24, 2.45) is 0 Å². The molecule has 0 saturated heterocycles. The molecule has 2 rings (SSSR count). The maximum atomic E-state index is 11.9. The van der Waals surface area contributed by atoms with Crippen molar-refractivity contribution in [2.45, 2.75) is 26.3 Å². The van der Waals surface area contributed by atoms with Crippen LogP contribution in [0.4, 0.5) is 0 Å². The number of aryl methyl sites for hydroxylation is 1. The van der Waals surface area contributed by atoms with E-state index >= 15 is 0 Å². The molecule has 0 fully saturated rings. The number of nitrogens with zero attached hydrogens (tertiary/aromatic N) is 1. The highest BCUT2D eigenvalue weighted by atomic mass is 32.1. The molecule has 5 heteroatoms. The van der Waals surface area contributed by atoms with Crippen LogP contribution in [0.5, 0.6) is 5.75 Å². The maximum Gasteiger partial charge on any atom is 0.225 e. The van der Waals surface area contributed by atoms with E-state index in [0.29, 0.717) is 5.56 Å². The summed E-state index contributed by atoms with van der Waals surface area (Å²) in [5.41, 5.74) is 1.59. The molecule has 2 N–H and O–H groups in total. The number of phenols is 1. The Bertz CT molecular complexity index is 580. The Morgan fingerprint density at radius 1 is 1.47 bits per heavy atom. The van der Waals surface area contributed by atoms with E-state index in [2.05, 4.69) is 10.3 Å². The number of hydrogen-bond donors (Lipinski definition) is 2. The second kappa shape index (κ2) is 5.84. The van der Waals surface area contributed by atoms with E-state index in [-0.39, 0.29) is 24.1 Å². The molecule has 0 saturated carbocycles. The predicted octanol–water partition coefficient (Wildman–Crippen LogP) is 2.58. The molecule has 0 aliphatic heterocycles. The van der Waals surface area contributed by atoms with Crippen LogP contribution in [0.2, 0.25) is 0 Å². The first-order valence-corrected chi connectivity index (χ1v) is 6.92. The number of rotatable bonds is 4. The van der Waals surface area contributed by atoms with Crippen LogP contribution in [0.25, 0.3) is 0 Å². The zero-order valence-electron chi connectivity index (χ0n) is 10.9. The van der Waals surface area contributed by atoms with Gasteiger partial charge in [0.25, 0.3) is 0 Å². The fraction of sp³-hybridized carbons (Fsp3) is 0.286. The van der Waals surface area contributed by atoms with Gasteiger partial charge in [-0.25, -0.2) is 4.98 Å². The molecule has 1 aromatic heterocycles. The summed E-state index contributed by atoms with van der Waals surface area (Å²) in [6.45, 7) is 3.83. The van der Waals surface area contributed by atoms with Crippen molar-refractivity contribution >= 4 is 17.2 Å². The lowest BCUT2D eigenvalue weighted by Crippen LogP contribution is -2.28. The molecule has 0 aliphatic rings. The van der Waals surface area contributed by atoms with E-state index in [4.69, 9.17) is 0 Å². The van der Waals surface area contributed by atoms with Gasteiger partial charge >= 0.3 is 0 Å². The van der Waals surface area contributed by atoms with Gasteiger partial charge < -0.3 is 10.4 Å². The van der Waals surface area contributed by atoms with Gasteiger partial charge in [-0.15, -0.1) is 11.3 Å². The van der Waals surface area contributed by atoms with Gasteiger partial charge in [-0.3, -0.25) is 4.79 Å². The lowest BCUT2D eigenvalue weighted by atomic mass is 10.1. The summed E-state index contributed by atoms with van der Waals surface area (Å²) in [7, 11) is 0. The molecule has 0 bridgehead atoms. The number of aromatic nitrogens is 1. The van der Waals surface area contributed by atoms with Crippen LogP contribution in [0, 0.1) is 6.92 Å². The molecule has 1 heterocycles. The number of benzene rings is 1. The fourth-order valence-corrected chi connectivity index (χ4v) is 2.56. The van der Waals surface area contributed by atoms with Gasteiger partial charge in [0.05, 0.1) is 12.5 Å². The normalized spacial score (nSPS) is 12.1. The van der Waals surface area contributed by atoms with Crippen molar-refractivity contribution in [2.75, 3.05) is 0 Å². The first kappa shape index (κ1) is 13.5. The summed E-state index contributed by atoms with van der Waals surface area (Å²) < 4.78 is 0. The third-order valence-corrected chi connectivity index (χ3v) is 3.87. The number of aromatic hydroxyl groups is 1. The summed E-state index contributed by atoms with van der Waals surface area (Å²) in [5, 5.41) is 15.4. The van der Waals surface area contributed by atoms with Crippen LogP contribution in [0.1, 0.15) is 29.2 Å². The van der Waals surface area contributed by atoms with E-state index < -0.39 is 0 Å². The fourth-order valence-electron chi connectivity index (χ4n) is 1.76. The van der Waals surface area contributed by atoms with E-state index in [1.54, 1.807) is 24.3 Å². The number of carbonyl (C=O) groups excluding carboxylic acids is 1. The SMILES string of the molecule is Cc1csc(C(C)NC(=O)Cc2ccccc2O)n1. The molecule has 100 valence electrons. The van der Waals surface area contributed by atoms with Gasteiger partial charge in [0, 0.05) is 16.6 Å². The summed E-state index contributed by atoms with van der Waals surface area (Å²) >= 11 is 1.53. The highest BCUT2D eigenvalue weighted by Crippen LogP contribution is 2.19. The van der Waals surface area contributed by atoms with Gasteiger partial charge in [0.1, 0.15) is 10.8 Å². The van der Waals surface area contributed by atoms with Crippen molar-refractivity contribution in [1.29, 1.82) is 0 Å². The molecule has 0 spiro atoms. The lowest BCUT2D eigenvalue weighted by Gasteiger charge is -2.11. The van der Waals surface area contributed by atoms with Crippen LogP contribution in [0.3, 0.4) is 0 Å². The van der Waals surface area contributed by atoms with Crippen molar-refractivity contribution in [1.82, 2.24) is 10.3 Å². The highest BCUT2D eigenvalue weighted by molar-refractivity contribution is 7.09. The second-order valence-electron chi connectivity index (χ2n) is 4.42. The van der Waals surface area contributed by atoms with E-state index in [1.165, 1.54) is 11.3 Å². The Labute approximate surface area is 116 Å². The highest BCUT2D eigenvalue weighted by Gasteiger charge is 2.14. The smallest absolute Gasteiger partial charge is 0.225 e. The zero-order chi connectivity index (χ0) is 13.8. The number of thiazole rings is 1. The number of carbonyl (C=O) groups is 1. The zero-order valence-corrected chi connectivity index (χ0v) is 11.7. The summed E-state index contributed by atoms with van der Waals surface area (Å²) in [5.74, 6) is 0.0252. The molecule has 0 radical (unpaired) electrons. The molecule has 19 heavy (non-hydrogen) atoms. The van der Waals surface area contributed by atoms with E-state index in [0.717, 1.165) is 10.7 Å². The van der Waals surface area contributed by atoms with Gasteiger partial charge in [0.2, 0.25) is 5.91 Å². The first-order chi connectivity index (χ1) is 9.06. The minimum atomic E-state index is -0.123. The van der Waals surface area contributed by atoms with E-state index in [1.807, 2.05) is 19.2 Å². The van der Waals surface area contributed by atoms with Crippen molar-refractivity contribution in [3.63, 3.8) is 0 Å². The molecule has 1 amide bonds. The van der Waals surface area contributed by atoms with Crippen LogP contribution in [-0.4, -0.2) is 16.0 Å². The summed E-state index contributed by atoms with van der Waals surface area (Å²) in [6, 6.07) is 6.74. The average Bonchev–Trinajstić information content (AvgIpc) is 2.79. The monoisotopic (exact) mass is 276 g/mol. The molecule has 0 aliphatic carbocycles. The van der Waals surface area contributed by atoms with E-state index in [9.17, 15) is 9.90 Å². The predicted molar refractivity (Wildman–Crippen MR) is 75.2 cm³/mol. The first-order valence-electron chi connectivity index (χ1n) is 6.04. The van der Waals surface area contributed by atoms with Gasteiger partial charge in [-0.2, -0.15) is 0 Å². The van der Waals surface area contributed by atoms with Crippen LogP contribution >= 0.6 is 11.3 Å². The molecular weight excluding hydrogens is 260 g/mol. The van der Waals surface area contributed by atoms with Crippen LogP contribution in [0.15, 0.2) is 29.6 Å². The second-order valence-corrected chi connectivity index (χ2v) is 5.31. The van der Waals surface area contributed by atoms with Gasteiger partial charge in [-0.05, 0) is 19.9 Å². The van der Waals surface area contributed by atoms with Crippen molar-refractivity contribution in [3.05, 3.63) is 45.9 Å². The van der Waals surface area contributed by atoms with Gasteiger partial charge in [0.15, 0.2) is 0 Å². The van der Waals surface area contributed by atoms with Crippen LogP contribution < -0.4 is 5.32 Å². The largest absolute Gasteiger partial charge is 0.508 e. The van der Waals surface area contributed by atoms with Crippen molar-refractivity contribution < 1.29 is 9.90 Å². The standard InChI is InChI=1S/C14H16N2O2S/c1-9-8-19-14(15-9)10(2)16-13(18)7-11-5-3-4-6-12(11)17/h3-6,8,10,17H,7H2,1-2H3,(H,16,18). The molecule has 4 nitrogen and oxygen atoms in total. The van der Waals surface area contributed by atoms with Gasteiger partial charge in [-0.1, -0.05) is 18.2 Å². The Kier molecular flexibility index (Phi) is 4.16. The third-order valence-electron chi connectivity index (χ3n) is 2.73. The number of phenolic OH excluding ortho intramolecular Hbond substituents is 1. The summed E-state index contributed by atoms with van der Waals surface area (Å²) in [6.07, 6.45) is 0.168. The summed E-state index contributed by atoms with van der Waals surface area (Å²) in [4.78, 5) is 16.3. The Balaban J connectivity index is 1.96. The molecular formula is C14H16N2O2S. The third kappa shape index (κ3) is 3.54. The average molecular weight is 276 g/mol. The maximum absolute atomic E-state index is 11.9. The molecule has 1 atom stereocenters. The lowest BCUT2D eigenvalue weighted by molar-refractivity contribution is -0.121. The van der Waals surface area contributed by atoms with Crippen molar-refractivity contribution in [3.8, 4) is 5.75 Å². The Morgan fingerprint density at radius 3 is 2.84 bits per heavy atom. The topological polar surface area (TPSA) is 62.2 Å². The number of hydrogen-bond acceptors (Lipinski definition) is 4. The number of para-hydroxylation sites is 1. The minimum Gasteiger partial charge on any atom is -0.508 e. The molecule has 2 aromatic rings. The molecule has 1 unspecified atom stereocenters. The number of amides is 1.